The minimum atomic E-state index is -1.90. The van der Waals surface area contributed by atoms with Crippen LogP contribution in [0.25, 0.3) is 0 Å². The first-order valence-electron chi connectivity index (χ1n) is 29.4. The molecule has 0 bridgehead atoms. The summed E-state index contributed by atoms with van der Waals surface area (Å²) in [5.41, 5.74) is 38.5. The molecule has 0 saturated carbocycles. The van der Waals surface area contributed by atoms with Crippen molar-refractivity contribution in [2.45, 2.75) is 190 Å². The van der Waals surface area contributed by atoms with Crippen molar-refractivity contribution in [2.24, 2.45) is 50.1 Å². The maximum atomic E-state index is 14.4. The van der Waals surface area contributed by atoms with Gasteiger partial charge in [-0.25, -0.2) is 4.79 Å². The number of carboxylic acid groups (broad SMARTS) is 1. The Morgan fingerprint density at radius 3 is 1.28 bits per heavy atom. The quantitative estimate of drug-likeness (QED) is 0.0117. The van der Waals surface area contributed by atoms with Crippen LogP contribution in [0.1, 0.15) is 105 Å². The summed E-state index contributed by atoms with van der Waals surface area (Å²) in [5.74, 6) is -13.4. The van der Waals surface area contributed by atoms with E-state index in [1.54, 1.807) is 0 Å². The summed E-state index contributed by atoms with van der Waals surface area (Å²) in [7, 11) is 0. The molecule has 29 N–H and O–H groups in total. The second-order valence-corrected chi connectivity index (χ2v) is 21.6. The van der Waals surface area contributed by atoms with Crippen molar-refractivity contribution in [1.29, 1.82) is 0 Å². The first kappa shape index (κ1) is 79.7. The number of nitrogens with zero attached hydrogens (tertiary/aromatic N) is 3. The lowest BCUT2D eigenvalue weighted by molar-refractivity contribution is -0.145. The Morgan fingerprint density at radius 1 is 0.478 bits per heavy atom. The second kappa shape index (κ2) is 41.8. The number of rotatable bonds is 43. The Labute approximate surface area is 520 Å². The summed E-state index contributed by atoms with van der Waals surface area (Å²) in [6.45, 7) is 6.25. The Hall–Kier alpha value is -8.36. The predicted molar refractivity (Wildman–Crippen MR) is 324 cm³/mol. The van der Waals surface area contributed by atoms with Crippen LogP contribution in [0.15, 0.2) is 22.1 Å². The zero-order valence-corrected chi connectivity index (χ0v) is 51.5. The number of aliphatic hydroxyl groups excluding tert-OH is 4. The average Bonchev–Trinajstić information content (AvgIpc) is 1.75. The molecule has 0 aromatic rings. The molecule has 14 atom stereocenters. The van der Waals surface area contributed by atoms with E-state index in [4.69, 9.17) is 40.1 Å². The summed E-state index contributed by atoms with van der Waals surface area (Å²) in [5, 5.41) is 74.6. The fourth-order valence-corrected chi connectivity index (χ4v) is 8.54. The molecule has 0 aromatic carbocycles. The Balaban J connectivity index is 3.54. The molecular weight excluding hydrogens is 1190 g/mol. The van der Waals surface area contributed by atoms with Crippen LogP contribution >= 0.6 is 0 Å². The first-order chi connectivity index (χ1) is 42.2. The Morgan fingerprint density at radius 2 is 0.867 bits per heavy atom. The van der Waals surface area contributed by atoms with Crippen molar-refractivity contribution < 1.29 is 83.1 Å². The van der Waals surface area contributed by atoms with Crippen LogP contribution in [-0.2, 0) is 57.5 Å². The highest BCUT2D eigenvalue weighted by molar-refractivity contribution is 5.99. The normalized spacial score (nSPS) is 16.8. The van der Waals surface area contributed by atoms with E-state index < -0.39 is 175 Å². The number of carboxylic acids is 1. The van der Waals surface area contributed by atoms with Crippen LogP contribution in [0, 0.1) is 0 Å². The van der Waals surface area contributed by atoms with Gasteiger partial charge in [-0.3, -0.25) is 67.6 Å². The lowest BCUT2D eigenvalue weighted by Gasteiger charge is -2.30. The number of guanidine groups is 2. The molecule has 0 saturated heterocycles. The van der Waals surface area contributed by atoms with Crippen LogP contribution in [0.5, 0.6) is 0 Å². The minimum absolute atomic E-state index is 0.0391. The fourth-order valence-electron chi connectivity index (χ4n) is 8.54. The van der Waals surface area contributed by atoms with E-state index in [-0.39, 0.29) is 83.0 Å². The van der Waals surface area contributed by atoms with E-state index >= 15 is 0 Å². The molecule has 510 valence electrons. The number of aliphatic imine (C=N–C) groups is 2. The number of aliphatic carboxylic acids is 1. The molecule has 1 rings (SSSR count). The topological polar surface area (TPSA) is 636 Å². The molecule has 0 aliphatic carbocycles. The van der Waals surface area contributed by atoms with Gasteiger partial charge >= 0.3 is 5.97 Å². The number of carbonyl (C=O) groups is 12. The molecule has 37 heteroatoms. The molecule has 1 heterocycles. The summed E-state index contributed by atoms with van der Waals surface area (Å²) < 4.78 is 0. The third kappa shape index (κ3) is 30.7. The molecule has 1 aliphatic rings. The highest BCUT2D eigenvalue weighted by Crippen LogP contribution is 2.11. The smallest absolute Gasteiger partial charge is 0.328 e. The van der Waals surface area contributed by atoms with E-state index in [1.807, 2.05) is 22.4 Å². The third-order valence-corrected chi connectivity index (χ3v) is 13.7. The molecule has 11 amide bonds. The maximum absolute atomic E-state index is 14.4. The summed E-state index contributed by atoms with van der Waals surface area (Å²) in [6, 6.07) is -17.4. The van der Waals surface area contributed by atoms with Gasteiger partial charge in [-0.15, -0.1) is 0 Å². The van der Waals surface area contributed by atoms with Gasteiger partial charge in [-0.1, -0.05) is 12.2 Å². The van der Waals surface area contributed by atoms with Crippen molar-refractivity contribution in [2.75, 3.05) is 45.9 Å². The van der Waals surface area contributed by atoms with E-state index in [2.05, 4.69) is 57.8 Å². The highest BCUT2D eigenvalue weighted by atomic mass is 16.4. The number of carbonyl (C=O) groups excluding carboxylic acids is 11. The summed E-state index contributed by atoms with van der Waals surface area (Å²) in [4.78, 5) is 171. The second-order valence-electron chi connectivity index (χ2n) is 21.6. The Kier molecular flexibility index (Phi) is 37.0. The van der Waals surface area contributed by atoms with Gasteiger partial charge in [0.1, 0.15) is 54.4 Å². The SMILES string of the molecule is C[C@H](N)C(=O)N[C@@H](CCCN=C(N)N)C(=O)N[C@H](C(=O)N[C@@H](CCN1CC=CCC1)C(=O)N[C@@H](CCC(N)=O)C(=O)N[C@H](C(=O)N[C@@H](C)C(=O)N[C@@H](CCCN=C(N)N)C(=O)N[C@@H](CCCCN)C(=O)N[C@@H](CO)C(=O)N[C@H](C(=O)O)[C@@H](C)O)[C@@H](C)O)[C@@H](C)O. The lowest BCUT2D eigenvalue weighted by Crippen LogP contribution is -2.62. The highest BCUT2D eigenvalue weighted by Gasteiger charge is 2.38. The van der Waals surface area contributed by atoms with Crippen LogP contribution in [-0.4, -0.2) is 244 Å². The van der Waals surface area contributed by atoms with Crippen molar-refractivity contribution in [1.82, 2.24) is 58.1 Å². The third-order valence-electron chi connectivity index (χ3n) is 13.7. The molecule has 0 radical (unpaired) electrons. The van der Waals surface area contributed by atoms with Crippen molar-refractivity contribution in [3.8, 4) is 0 Å². The number of hydrogen-bond donors (Lipinski definition) is 22. The van der Waals surface area contributed by atoms with Gasteiger partial charge in [-0.2, -0.15) is 0 Å². The molecule has 37 nitrogen and oxygen atoms in total. The van der Waals surface area contributed by atoms with Crippen molar-refractivity contribution in [3.63, 3.8) is 0 Å². The molecule has 0 aromatic heterocycles. The van der Waals surface area contributed by atoms with Gasteiger partial charge < -0.3 is 119 Å². The molecule has 90 heavy (non-hydrogen) atoms. The number of unbranched alkanes of at least 4 members (excludes halogenated alkanes) is 1. The first-order valence-corrected chi connectivity index (χ1v) is 29.4. The van der Waals surface area contributed by atoms with Crippen molar-refractivity contribution >= 4 is 82.9 Å². The molecular formula is C53H96N20O17. The Bertz CT molecular complexity index is 2490. The van der Waals surface area contributed by atoms with E-state index in [1.165, 1.54) is 20.8 Å². The van der Waals surface area contributed by atoms with E-state index in [0.29, 0.717) is 25.9 Å². The van der Waals surface area contributed by atoms with Crippen LogP contribution in [0.2, 0.25) is 0 Å². The van der Waals surface area contributed by atoms with Crippen LogP contribution in [0.3, 0.4) is 0 Å². The van der Waals surface area contributed by atoms with Crippen molar-refractivity contribution in [3.05, 3.63) is 12.2 Å². The van der Waals surface area contributed by atoms with Gasteiger partial charge in [-0.05, 0) is 105 Å². The monoisotopic (exact) mass is 1280 g/mol. The number of primary amides is 1. The average molecular weight is 1290 g/mol. The lowest BCUT2D eigenvalue weighted by atomic mass is 10.0. The number of hydrogen-bond acceptors (Lipinski definition) is 21. The molecule has 0 spiro atoms. The molecule has 0 fully saturated rings. The van der Waals surface area contributed by atoms with E-state index in [0.717, 1.165) is 13.8 Å². The van der Waals surface area contributed by atoms with Gasteiger partial charge in [0, 0.05) is 39.1 Å². The summed E-state index contributed by atoms with van der Waals surface area (Å²) >= 11 is 0. The van der Waals surface area contributed by atoms with Gasteiger partial charge in [0.15, 0.2) is 18.0 Å². The number of amides is 11. The van der Waals surface area contributed by atoms with E-state index in [9.17, 15) is 83.1 Å². The molecule has 0 unspecified atom stereocenters. The van der Waals surface area contributed by atoms with Crippen LogP contribution < -0.4 is 93.3 Å². The maximum Gasteiger partial charge on any atom is 0.328 e. The summed E-state index contributed by atoms with van der Waals surface area (Å²) in [6.07, 6.45) is -1.16. The largest absolute Gasteiger partial charge is 0.480 e. The standard InChI is InChI=1S/C53H96N20O17/c1-26(55)41(79)64-33(15-12-21-62-53(59)60)46(84)71-39(29(4)76)50(88)68-35(18-24-73-22-9-6-10-23-73)45(83)67-34(16-17-37(56)78)47(85)70-38(28(3)75)49(87)63-27(2)42(80)65-32(14-11-20-61-52(57)58)43(81)66-31(13-7-8-19-54)44(82)69-36(25-74)48(86)72-40(30(5)77)51(89)90/h6,9,26-36,38-40,74-77H,7-8,10-25,54-55H2,1-5H3,(H2,56,78)(H,63,87)(H,64,79)(H,65,80)(H,66,81)(H,67,83)(H,68,88)(H,69,82)(H,70,85)(H,71,84)(H,72,86)(H,89,90)(H4,57,58,61)(H4,59,60,62)/t26-,27-,28+,29+,30+,31-,32-,33-,34-,35-,36-,38-,39-,40-/m0/s1. The number of aliphatic hydroxyl groups is 4. The van der Waals surface area contributed by atoms with Gasteiger partial charge in [0.05, 0.1) is 31.0 Å². The fraction of sp³-hybridized carbons (Fsp3) is 0.698. The molecule has 1 aliphatic heterocycles. The number of nitrogens with one attached hydrogen (secondary N) is 10. The zero-order valence-electron chi connectivity index (χ0n) is 51.5. The zero-order chi connectivity index (χ0) is 68.4. The predicted octanol–water partition coefficient (Wildman–Crippen LogP) is -10.4. The van der Waals surface area contributed by atoms with Gasteiger partial charge in [0.25, 0.3) is 0 Å². The minimum Gasteiger partial charge on any atom is -0.480 e. The van der Waals surface area contributed by atoms with Gasteiger partial charge in [0.2, 0.25) is 65.0 Å². The number of nitrogens with two attached hydrogens (primary N) is 7. The van der Waals surface area contributed by atoms with Crippen LogP contribution in [0.4, 0.5) is 0 Å².